The number of unbranched alkanes of at least 4 members (excludes halogenated alkanes) is 46. The molecule has 0 bridgehead atoms. The number of nitrogens with zero attached hydrogens (tertiary/aromatic N) is 2. The van der Waals surface area contributed by atoms with Gasteiger partial charge in [0.2, 0.25) is 35.4 Å². The average Bonchev–Trinajstić information content (AvgIpc) is 0.844. The van der Waals surface area contributed by atoms with E-state index in [-0.39, 0.29) is 54.3 Å². The zero-order valence-corrected chi connectivity index (χ0v) is 75.2. The summed E-state index contributed by atoms with van der Waals surface area (Å²) in [5.41, 5.74) is -0.844. The Kier molecular flexibility index (Phi) is 77.2. The Bertz CT molecular complexity index is 2040. The lowest BCUT2D eigenvalue weighted by Crippen LogP contribution is -2.43. The number of carbonyl (C=O) groups is 6. The zero-order valence-electron chi connectivity index (χ0n) is 75.2. The monoisotopic (exact) mass is 1550 g/mol. The van der Waals surface area contributed by atoms with Crippen LogP contribution in [0.2, 0.25) is 0 Å². The van der Waals surface area contributed by atoms with Gasteiger partial charge in [-0.2, -0.15) is 0 Å². The molecule has 0 aliphatic carbocycles. The van der Waals surface area contributed by atoms with Gasteiger partial charge in [0.05, 0.1) is 0 Å². The first-order valence-corrected chi connectivity index (χ1v) is 48.6. The van der Waals surface area contributed by atoms with Crippen molar-refractivity contribution in [2.75, 3.05) is 65.4 Å². The second kappa shape index (κ2) is 79.6. The molecule has 6 N–H and O–H groups in total. The highest BCUT2D eigenvalue weighted by atomic mass is 16.2. The number of hydrogen-bond acceptors (Lipinski definition) is 8. The molecule has 0 aromatic carbocycles. The fraction of sp³-hybridized carbons (Fsp3) is 0.938. The topological polar surface area (TPSA) is 181 Å². The van der Waals surface area contributed by atoms with Gasteiger partial charge in [-0.05, 0) is 116 Å². The Morgan fingerprint density at radius 3 is 0.845 bits per heavy atom. The summed E-state index contributed by atoms with van der Waals surface area (Å²) in [7, 11) is 0. The van der Waals surface area contributed by atoms with Gasteiger partial charge in [-0.25, -0.2) is 0 Å². The molecule has 650 valence electrons. The molecule has 0 saturated heterocycles. The minimum absolute atomic E-state index is 0.101. The van der Waals surface area contributed by atoms with E-state index in [0.29, 0.717) is 32.0 Å². The van der Waals surface area contributed by atoms with Crippen molar-refractivity contribution in [3.05, 3.63) is 0 Å². The van der Waals surface area contributed by atoms with E-state index in [0.717, 1.165) is 194 Å². The van der Waals surface area contributed by atoms with Crippen LogP contribution in [-0.2, 0) is 28.8 Å². The van der Waals surface area contributed by atoms with Crippen molar-refractivity contribution in [2.24, 2.45) is 10.8 Å². The van der Waals surface area contributed by atoms with Crippen LogP contribution in [0, 0.1) is 10.8 Å². The van der Waals surface area contributed by atoms with Gasteiger partial charge in [0.15, 0.2) is 0 Å². The van der Waals surface area contributed by atoms with Crippen molar-refractivity contribution in [1.82, 2.24) is 41.7 Å². The largest absolute Gasteiger partial charge is 0.356 e. The lowest BCUT2D eigenvalue weighted by Gasteiger charge is -2.28. The second-order valence-corrected chi connectivity index (χ2v) is 35.5. The summed E-state index contributed by atoms with van der Waals surface area (Å²) in [6, 6.07) is 0.580. The van der Waals surface area contributed by atoms with Crippen LogP contribution in [0.1, 0.15) is 493 Å². The van der Waals surface area contributed by atoms with Gasteiger partial charge < -0.3 is 41.7 Å². The molecule has 110 heavy (non-hydrogen) atoms. The van der Waals surface area contributed by atoms with Crippen LogP contribution < -0.4 is 31.9 Å². The van der Waals surface area contributed by atoms with Gasteiger partial charge >= 0.3 is 0 Å². The molecule has 14 heteroatoms. The highest BCUT2D eigenvalue weighted by Gasteiger charge is 2.30. The van der Waals surface area contributed by atoms with Crippen molar-refractivity contribution in [1.29, 1.82) is 0 Å². The Morgan fingerprint density at radius 1 is 0.227 bits per heavy atom. The summed E-state index contributed by atoms with van der Waals surface area (Å²) in [5, 5.41) is 19.7. The summed E-state index contributed by atoms with van der Waals surface area (Å²) >= 11 is 0. The van der Waals surface area contributed by atoms with E-state index in [2.05, 4.69) is 111 Å². The Labute approximate surface area is 683 Å². The summed E-state index contributed by atoms with van der Waals surface area (Å²) in [4.78, 5) is 85.0. The van der Waals surface area contributed by atoms with Gasteiger partial charge in [-0.1, -0.05) is 377 Å². The molecule has 0 saturated carbocycles. The molecular formula is C96H190N8O6. The van der Waals surface area contributed by atoms with Crippen molar-refractivity contribution >= 4 is 35.4 Å². The van der Waals surface area contributed by atoms with E-state index in [4.69, 9.17) is 0 Å². The van der Waals surface area contributed by atoms with E-state index < -0.39 is 10.8 Å². The molecule has 0 radical (unpaired) electrons. The number of hydrogen-bond donors (Lipinski definition) is 6. The minimum Gasteiger partial charge on any atom is -0.356 e. The van der Waals surface area contributed by atoms with Crippen molar-refractivity contribution in [2.45, 2.75) is 505 Å². The third-order valence-electron chi connectivity index (χ3n) is 23.6. The summed E-state index contributed by atoms with van der Waals surface area (Å²) in [6.45, 7) is 29.8. The zero-order chi connectivity index (χ0) is 80.8. The van der Waals surface area contributed by atoms with E-state index in [1.165, 1.54) is 257 Å². The molecule has 0 fully saturated rings. The first-order chi connectivity index (χ1) is 53.5. The van der Waals surface area contributed by atoms with E-state index >= 15 is 0 Å². The number of carbonyl (C=O) groups excluding carboxylic acids is 6. The maximum atomic E-state index is 13.9. The van der Waals surface area contributed by atoms with Crippen LogP contribution in [0.15, 0.2) is 0 Å². The van der Waals surface area contributed by atoms with Gasteiger partial charge in [0.25, 0.3) is 0 Å². The van der Waals surface area contributed by atoms with Crippen molar-refractivity contribution in [3.8, 4) is 0 Å². The molecule has 0 aromatic rings. The molecule has 0 aromatic heterocycles. The molecule has 6 amide bonds. The normalized spacial score (nSPS) is 11.9. The van der Waals surface area contributed by atoms with Gasteiger partial charge in [0.1, 0.15) is 0 Å². The predicted molar refractivity (Wildman–Crippen MR) is 475 cm³/mol. The average molecular weight is 1550 g/mol. The fourth-order valence-electron chi connectivity index (χ4n) is 15.7. The third-order valence-corrected chi connectivity index (χ3v) is 23.6. The fourth-order valence-corrected chi connectivity index (χ4v) is 15.7. The molecule has 0 atom stereocenters. The summed E-state index contributed by atoms with van der Waals surface area (Å²) in [6.07, 6.45) is 75.4. The summed E-state index contributed by atoms with van der Waals surface area (Å²) in [5.74, 6) is 0.561. The van der Waals surface area contributed by atoms with Gasteiger partial charge in [-0.3, -0.25) is 28.8 Å². The Balaban J connectivity index is 5.61. The van der Waals surface area contributed by atoms with Crippen molar-refractivity contribution in [3.63, 3.8) is 0 Å². The Hall–Kier alpha value is -3.26. The molecule has 0 spiro atoms. The molecule has 14 nitrogen and oxygen atoms in total. The highest BCUT2D eigenvalue weighted by molar-refractivity contribution is 5.84. The van der Waals surface area contributed by atoms with Crippen LogP contribution >= 0.6 is 0 Å². The number of nitrogens with one attached hydrogen (secondary N) is 6. The lowest BCUT2D eigenvalue weighted by molar-refractivity contribution is -0.131. The number of rotatable bonds is 87. The van der Waals surface area contributed by atoms with Crippen LogP contribution in [0.3, 0.4) is 0 Å². The first-order valence-electron chi connectivity index (χ1n) is 48.6. The highest BCUT2D eigenvalue weighted by Crippen LogP contribution is 2.28. The van der Waals surface area contributed by atoms with E-state index in [1.54, 1.807) is 0 Å². The van der Waals surface area contributed by atoms with Crippen LogP contribution in [0.5, 0.6) is 0 Å². The molecule has 0 heterocycles. The third kappa shape index (κ3) is 71.3. The smallest absolute Gasteiger partial charge is 0.225 e. The van der Waals surface area contributed by atoms with E-state index in [9.17, 15) is 28.8 Å². The Morgan fingerprint density at radius 2 is 0.473 bits per heavy atom. The lowest BCUT2D eigenvalue weighted by atomic mass is 9.85. The maximum Gasteiger partial charge on any atom is 0.225 e. The van der Waals surface area contributed by atoms with Gasteiger partial charge in [-0.15, -0.1) is 0 Å². The van der Waals surface area contributed by atoms with Crippen LogP contribution in [0.25, 0.3) is 0 Å². The number of amides is 6. The molecule has 0 aliphatic heterocycles. The quantitative estimate of drug-likeness (QED) is 0.0326. The van der Waals surface area contributed by atoms with E-state index in [1.807, 2.05) is 0 Å². The second-order valence-electron chi connectivity index (χ2n) is 35.5. The predicted octanol–water partition coefficient (Wildman–Crippen LogP) is 24.9. The standard InChI is InChI=1S/C96H190N8O6/c1-11-17-23-29-35-37-39-48-61-77-97-89(105)71-58-52-65-83-103(81-63-50-41-46-57-72-92(108)101-87(67-53-42-31-25-19-13-3)68-54-43-32-26-20-14-4)85-79-98-90(106)73-74-91(107)99-80-86-104(84-66-60-76-95(7,8)93(109)100-78-62-49-40-38-36-30-24-18-12-2)82-64-51-47-59-75-96(9,10)94(110)102-88(69-55-44-33-27-21-15-5)70-56-45-34-28-22-16-6/h87-88H,11-86H2,1-10H3,(H,97,105)(H,98,106)(H,99,107)(H,100,109)(H,101,108)(H,102,110). The molecule has 0 unspecified atom stereocenters. The van der Waals surface area contributed by atoms with Gasteiger partial charge in [0, 0.05) is 87.9 Å². The molecule has 0 rings (SSSR count). The summed E-state index contributed by atoms with van der Waals surface area (Å²) < 4.78 is 0. The van der Waals surface area contributed by atoms with Crippen LogP contribution in [0.4, 0.5) is 0 Å². The molecule has 0 aliphatic rings. The SMILES string of the molecule is CCCCCCCCCCCNC(=O)CCCCCN(CCCCCCCC(=O)NC(CCCCCCCC)CCCCCCCC)CCNC(=O)CCC(=O)NCCN(CCCCCCC(C)(C)C(=O)NC(CCCCCCCC)CCCCCCCC)CCCCC(C)(C)C(=O)NCCCCCCCCCCC. The first kappa shape index (κ1) is 107. The van der Waals surface area contributed by atoms with Crippen LogP contribution in [-0.4, -0.2) is 123 Å². The maximum absolute atomic E-state index is 13.9. The minimum atomic E-state index is -0.434. The molecular weight excluding hydrogens is 1360 g/mol. The van der Waals surface area contributed by atoms with Crippen molar-refractivity contribution < 1.29 is 28.8 Å².